The average molecular weight is 498 g/mol. The number of anilines is 2. The molecule has 1 amide bonds. The lowest BCUT2D eigenvalue weighted by molar-refractivity contribution is -0.384. The van der Waals surface area contributed by atoms with Gasteiger partial charge in [0.25, 0.3) is 11.6 Å². The highest BCUT2D eigenvalue weighted by Gasteiger charge is 2.34. The van der Waals surface area contributed by atoms with Crippen LogP contribution in [-0.4, -0.2) is 75.3 Å². The van der Waals surface area contributed by atoms with Gasteiger partial charge in [-0.1, -0.05) is 0 Å². The maximum absolute atomic E-state index is 14.4. The summed E-state index contributed by atoms with van der Waals surface area (Å²) in [4.78, 5) is 28.6. The fraction of sp³-hybridized carbons (Fsp3) is 0.409. The number of morpholine rings is 1. The fourth-order valence-corrected chi connectivity index (χ4v) is 4.22. The third kappa shape index (κ3) is 4.55. The molecule has 0 unspecified atom stereocenters. The number of nitro groups is 1. The Labute approximate surface area is 197 Å². The van der Waals surface area contributed by atoms with Gasteiger partial charge >= 0.3 is 0 Å². The molecule has 35 heavy (non-hydrogen) atoms. The minimum atomic E-state index is -1.82. The van der Waals surface area contributed by atoms with E-state index in [9.17, 15) is 32.5 Å². The van der Waals surface area contributed by atoms with Gasteiger partial charge in [0.1, 0.15) is 11.3 Å². The van der Waals surface area contributed by atoms with E-state index >= 15 is 0 Å². The highest BCUT2D eigenvalue weighted by atomic mass is 19.2. The van der Waals surface area contributed by atoms with E-state index in [4.69, 9.17) is 4.74 Å². The number of hydrogen-bond acceptors (Lipinski definition) is 7. The molecule has 0 spiro atoms. The van der Waals surface area contributed by atoms with Gasteiger partial charge in [-0.05, 0) is 12.1 Å². The Kier molecular flexibility index (Phi) is 6.96. The summed E-state index contributed by atoms with van der Waals surface area (Å²) in [5, 5.41) is 11.5. The molecule has 0 aliphatic carbocycles. The lowest BCUT2D eigenvalue weighted by Gasteiger charge is -2.37. The van der Waals surface area contributed by atoms with Crippen molar-refractivity contribution in [2.75, 3.05) is 69.4 Å². The van der Waals surface area contributed by atoms with Gasteiger partial charge in [0, 0.05) is 51.0 Å². The Morgan fingerprint density at radius 2 is 1.54 bits per heavy atom. The highest BCUT2D eigenvalue weighted by Crippen LogP contribution is 2.34. The second-order valence-electron chi connectivity index (χ2n) is 7.97. The number of hydrogen-bond donors (Lipinski definition) is 0. The number of carbonyl (C=O) groups is 1. The summed E-state index contributed by atoms with van der Waals surface area (Å²) in [7, 11) is 0.851. The number of nitrogens with zero attached hydrogens (tertiary/aromatic N) is 4. The van der Waals surface area contributed by atoms with Crippen LogP contribution in [0.4, 0.5) is 34.6 Å². The van der Waals surface area contributed by atoms with Crippen LogP contribution in [0.3, 0.4) is 0 Å². The first-order chi connectivity index (χ1) is 16.7. The summed E-state index contributed by atoms with van der Waals surface area (Å²) in [6.45, 7) is 2.38. The molecule has 0 aromatic heterocycles. The van der Waals surface area contributed by atoms with Crippen molar-refractivity contribution in [1.29, 1.82) is 0 Å². The molecule has 9 nitrogen and oxygen atoms in total. The van der Waals surface area contributed by atoms with Crippen LogP contribution in [0.5, 0.6) is 5.75 Å². The Morgan fingerprint density at radius 3 is 2.09 bits per heavy atom. The van der Waals surface area contributed by atoms with Crippen LogP contribution >= 0.6 is 0 Å². The number of carbonyl (C=O) groups excluding carboxylic acids is 1. The zero-order chi connectivity index (χ0) is 25.3. The van der Waals surface area contributed by atoms with Crippen molar-refractivity contribution in [2.45, 2.75) is 0 Å². The van der Waals surface area contributed by atoms with E-state index in [2.05, 4.69) is 4.74 Å². The van der Waals surface area contributed by atoms with Crippen molar-refractivity contribution in [3.05, 3.63) is 57.1 Å². The maximum Gasteiger partial charge on any atom is 0.292 e. The van der Waals surface area contributed by atoms with E-state index in [0.29, 0.717) is 37.7 Å². The van der Waals surface area contributed by atoms with E-state index in [1.165, 1.54) is 6.07 Å². The molecule has 4 rings (SSSR count). The third-order valence-corrected chi connectivity index (χ3v) is 6.08. The van der Waals surface area contributed by atoms with E-state index in [-0.39, 0.29) is 31.9 Å². The number of halogens is 4. The Bertz CT molecular complexity index is 1120. The second kappa shape index (κ2) is 9.94. The van der Waals surface area contributed by atoms with Gasteiger partial charge < -0.3 is 24.2 Å². The number of nitro benzene ring substituents is 1. The molecule has 188 valence electrons. The molecule has 0 saturated carbocycles. The van der Waals surface area contributed by atoms with E-state index in [1.807, 2.05) is 9.80 Å². The van der Waals surface area contributed by atoms with E-state index in [1.54, 1.807) is 12.1 Å². The molecule has 2 aromatic rings. The number of ether oxygens (including phenoxy) is 2. The summed E-state index contributed by atoms with van der Waals surface area (Å²) < 4.78 is 66.5. The smallest absolute Gasteiger partial charge is 0.292 e. The minimum absolute atomic E-state index is 0.0108. The minimum Gasteiger partial charge on any atom is -0.491 e. The van der Waals surface area contributed by atoms with Crippen LogP contribution in [0, 0.1) is 33.4 Å². The van der Waals surface area contributed by atoms with Gasteiger partial charge in [-0.25, -0.2) is 8.78 Å². The molecule has 2 heterocycles. The van der Waals surface area contributed by atoms with Gasteiger partial charge in [-0.15, -0.1) is 0 Å². The summed E-state index contributed by atoms with van der Waals surface area (Å²) in [5.41, 5.74) is -0.246. The van der Waals surface area contributed by atoms with Crippen LogP contribution in [0.2, 0.25) is 0 Å². The Hall–Kier alpha value is -3.61. The second-order valence-corrected chi connectivity index (χ2v) is 7.97. The summed E-state index contributed by atoms with van der Waals surface area (Å²) in [6.07, 6.45) is 0. The van der Waals surface area contributed by atoms with Gasteiger partial charge in [0.05, 0.1) is 25.2 Å². The SMILES string of the molecule is COc1c(F)c(F)c(C(=O)N2CCN(c3ccc([N+](=O)[O-])c(N4CCOCC4)c3)CC2)c(F)c1F. The van der Waals surface area contributed by atoms with Gasteiger partial charge in [-0.3, -0.25) is 14.9 Å². The first kappa shape index (κ1) is 24.5. The molecular weight excluding hydrogens is 476 g/mol. The Morgan fingerprint density at radius 1 is 0.943 bits per heavy atom. The molecule has 2 aromatic carbocycles. The van der Waals surface area contributed by atoms with Crippen molar-refractivity contribution in [3.8, 4) is 5.75 Å². The number of methoxy groups -OCH3 is 1. The largest absolute Gasteiger partial charge is 0.491 e. The third-order valence-electron chi connectivity index (χ3n) is 6.08. The molecule has 2 aliphatic rings. The van der Waals surface area contributed by atoms with Crippen molar-refractivity contribution in [3.63, 3.8) is 0 Å². The van der Waals surface area contributed by atoms with E-state index < -0.39 is 45.4 Å². The molecule has 13 heteroatoms. The monoisotopic (exact) mass is 498 g/mol. The molecule has 2 aliphatic heterocycles. The van der Waals surface area contributed by atoms with Gasteiger partial charge in [0.15, 0.2) is 17.4 Å². The van der Waals surface area contributed by atoms with Crippen LogP contribution in [0.15, 0.2) is 18.2 Å². The van der Waals surface area contributed by atoms with Gasteiger partial charge in [-0.2, -0.15) is 8.78 Å². The normalized spacial score (nSPS) is 16.4. The molecule has 0 radical (unpaired) electrons. The zero-order valence-corrected chi connectivity index (χ0v) is 18.7. The molecule has 2 fully saturated rings. The average Bonchev–Trinajstić information content (AvgIpc) is 2.88. The van der Waals surface area contributed by atoms with E-state index in [0.717, 1.165) is 12.0 Å². The quantitative estimate of drug-likeness (QED) is 0.271. The van der Waals surface area contributed by atoms with Crippen molar-refractivity contribution >= 4 is 23.0 Å². The van der Waals surface area contributed by atoms with Crippen molar-refractivity contribution in [2.24, 2.45) is 0 Å². The summed E-state index contributed by atoms with van der Waals surface area (Å²) >= 11 is 0. The van der Waals surface area contributed by atoms with Gasteiger partial charge in [0.2, 0.25) is 11.6 Å². The first-order valence-electron chi connectivity index (χ1n) is 10.8. The topological polar surface area (TPSA) is 88.4 Å². The number of benzene rings is 2. The van der Waals surface area contributed by atoms with Crippen LogP contribution < -0.4 is 14.5 Å². The van der Waals surface area contributed by atoms with Crippen LogP contribution in [0.25, 0.3) is 0 Å². The fourth-order valence-electron chi connectivity index (χ4n) is 4.22. The number of amides is 1. The Balaban J connectivity index is 1.52. The summed E-state index contributed by atoms with van der Waals surface area (Å²) in [5.74, 6) is -9.63. The first-order valence-corrected chi connectivity index (χ1v) is 10.8. The molecule has 0 atom stereocenters. The van der Waals surface area contributed by atoms with Crippen molar-refractivity contribution in [1.82, 2.24) is 4.90 Å². The predicted molar refractivity (Wildman–Crippen MR) is 117 cm³/mol. The highest BCUT2D eigenvalue weighted by molar-refractivity contribution is 5.95. The predicted octanol–water partition coefficient (Wildman–Crippen LogP) is 2.96. The zero-order valence-electron chi connectivity index (χ0n) is 18.7. The summed E-state index contributed by atoms with van der Waals surface area (Å²) in [6, 6.07) is 4.69. The molecule has 0 N–H and O–H groups in total. The number of rotatable bonds is 5. The molecule has 2 saturated heterocycles. The number of piperazine rings is 1. The molecular formula is C22H22F4N4O5. The lowest BCUT2D eigenvalue weighted by atomic mass is 10.1. The lowest BCUT2D eigenvalue weighted by Crippen LogP contribution is -2.49. The molecule has 0 bridgehead atoms. The van der Waals surface area contributed by atoms with Crippen molar-refractivity contribution < 1.29 is 36.8 Å². The maximum atomic E-state index is 14.4. The van der Waals surface area contributed by atoms with Crippen LogP contribution in [0.1, 0.15) is 10.4 Å². The van der Waals surface area contributed by atoms with Crippen LogP contribution in [-0.2, 0) is 4.74 Å². The standard InChI is InChI=1S/C22H22F4N4O5/c1-34-21-19(25)17(23)16(18(24)20(21)26)22(31)29-6-4-27(5-7-29)13-2-3-14(30(32)33)15(12-13)28-8-10-35-11-9-28/h2-3,12H,4-11H2,1H3.